The quantitative estimate of drug-likeness (QED) is 0.123. The van der Waals surface area contributed by atoms with E-state index in [1.54, 1.807) is 19.1 Å². The van der Waals surface area contributed by atoms with Crippen LogP contribution in [-0.4, -0.2) is 83.8 Å². The Labute approximate surface area is 264 Å². The van der Waals surface area contributed by atoms with Gasteiger partial charge in [-0.3, -0.25) is 19.3 Å². The number of unbranched alkanes of at least 4 members (excludes halogenated alkanes) is 2. The number of imide groups is 1. The molecule has 0 saturated heterocycles. The van der Waals surface area contributed by atoms with Gasteiger partial charge in [0, 0.05) is 33.2 Å². The average Bonchev–Trinajstić information content (AvgIpc) is 2.96. The lowest BCUT2D eigenvalue weighted by Gasteiger charge is -2.40. The first-order valence-electron chi connectivity index (χ1n) is 16.0. The monoisotopic (exact) mass is 660 g/mol. The molecule has 0 aliphatic rings. The van der Waals surface area contributed by atoms with Crippen molar-refractivity contribution in [2.24, 2.45) is 23.7 Å². The summed E-state index contributed by atoms with van der Waals surface area (Å²) in [5.74, 6) is -0.106. The zero-order chi connectivity index (χ0) is 32.6. The molecule has 0 saturated carbocycles. The minimum absolute atomic E-state index is 0.0646. The summed E-state index contributed by atoms with van der Waals surface area (Å²) < 4.78 is 5.76. The molecule has 0 aromatic rings. The molecule has 4 unspecified atom stereocenters. The minimum Gasteiger partial charge on any atom is -0.379 e. The first kappa shape index (κ1) is 40.3. The summed E-state index contributed by atoms with van der Waals surface area (Å²) in [4.78, 5) is 56.1. The van der Waals surface area contributed by atoms with Crippen molar-refractivity contribution in [1.82, 2.24) is 20.4 Å². The summed E-state index contributed by atoms with van der Waals surface area (Å²) in [6.07, 6.45) is 4.50. The van der Waals surface area contributed by atoms with Gasteiger partial charge in [-0.15, -0.1) is 0 Å². The second-order valence-electron chi connectivity index (χ2n) is 12.3. The largest absolute Gasteiger partial charge is 0.379 e. The summed E-state index contributed by atoms with van der Waals surface area (Å²) >= 11 is 3.13. The van der Waals surface area contributed by atoms with Gasteiger partial charge in [0.2, 0.25) is 17.7 Å². The summed E-state index contributed by atoms with van der Waals surface area (Å²) in [7, 11) is 3.47. The summed E-state index contributed by atoms with van der Waals surface area (Å²) in [5, 5.41) is 6.06. The van der Waals surface area contributed by atoms with Crippen LogP contribution in [0.4, 0.5) is 4.79 Å². The van der Waals surface area contributed by atoms with Gasteiger partial charge >= 0.3 is 6.03 Å². The molecule has 0 fully saturated rings. The van der Waals surface area contributed by atoms with Crippen molar-refractivity contribution in [1.29, 1.82) is 0 Å². The molecule has 0 aliphatic carbocycles. The Hall–Kier alpha value is -1.68. The second-order valence-corrected chi connectivity index (χ2v) is 12.9. The van der Waals surface area contributed by atoms with E-state index in [0.29, 0.717) is 19.4 Å². The van der Waals surface area contributed by atoms with Gasteiger partial charge in [0.05, 0.1) is 17.5 Å². The number of amides is 5. The highest BCUT2D eigenvalue weighted by Gasteiger charge is 2.39. The number of hydrogen-bond donors (Lipinski definition) is 2. The van der Waals surface area contributed by atoms with Gasteiger partial charge in [0.1, 0.15) is 6.04 Å². The third-order valence-electron chi connectivity index (χ3n) is 8.73. The summed E-state index contributed by atoms with van der Waals surface area (Å²) in [6.45, 7) is 18.9. The van der Waals surface area contributed by atoms with E-state index < -0.39 is 12.1 Å². The van der Waals surface area contributed by atoms with Crippen LogP contribution in [-0.2, 0) is 19.1 Å². The molecular formula is C32H61BrN4O5. The highest BCUT2D eigenvalue weighted by molar-refractivity contribution is 9.09. The molecule has 9 nitrogen and oxygen atoms in total. The maximum absolute atomic E-state index is 14.0. The molecule has 246 valence electrons. The van der Waals surface area contributed by atoms with Crippen LogP contribution < -0.4 is 10.6 Å². The van der Waals surface area contributed by atoms with Gasteiger partial charge < -0.3 is 20.3 Å². The number of carbonyl (C=O) groups excluding carboxylic acids is 4. The van der Waals surface area contributed by atoms with Gasteiger partial charge in [0.25, 0.3) is 0 Å². The van der Waals surface area contributed by atoms with Crippen molar-refractivity contribution in [3.05, 3.63) is 0 Å². The van der Waals surface area contributed by atoms with Gasteiger partial charge in [-0.1, -0.05) is 91.1 Å². The fraction of sp³-hybridized carbons (Fsp3) is 0.875. The average molecular weight is 662 g/mol. The first-order chi connectivity index (χ1) is 19.7. The fourth-order valence-corrected chi connectivity index (χ4v) is 5.72. The van der Waals surface area contributed by atoms with Crippen molar-refractivity contribution in [3.8, 4) is 0 Å². The predicted octanol–water partition coefficient (Wildman–Crippen LogP) is 5.99. The number of ether oxygens (including phenoxy) is 1. The van der Waals surface area contributed by atoms with Crippen LogP contribution in [0.25, 0.3) is 0 Å². The summed E-state index contributed by atoms with van der Waals surface area (Å²) in [5.41, 5.74) is 0. The molecule has 42 heavy (non-hydrogen) atoms. The SMILES string of the molecule is CCC(C)C(C(CC)OC)N(C)C(=O)[C@@H](NC(=O)N(C(=O)CCCCCNC(=O)CBr)C(CC)[C@@H](C)C(C)C)C(C)C. The van der Waals surface area contributed by atoms with Crippen LogP contribution in [0.1, 0.15) is 107 Å². The Morgan fingerprint density at radius 2 is 1.48 bits per heavy atom. The van der Waals surface area contributed by atoms with E-state index in [1.807, 2.05) is 27.7 Å². The number of nitrogens with zero attached hydrogens (tertiary/aromatic N) is 2. The van der Waals surface area contributed by atoms with Gasteiger partial charge in [-0.25, -0.2) is 4.79 Å². The van der Waals surface area contributed by atoms with Crippen molar-refractivity contribution in [3.63, 3.8) is 0 Å². The number of likely N-dealkylation sites (N-methyl/N-ethyl adjacent to an activating group) is 1. The lowest BCUT2D eigenvalue weighted by molar-refractivity contribution is -0.140. The van der Waals surface area contributed by atoms with E-state index in [0.717, 1.165) is 25.7 Å². The zero-order valence-corrected chi connectivity index (χ0v) is 29.9. The molecule has 0 bridgehead atoms. The van der Waals surface area contributed by atoms with E-state index in [9.17, 15) is 19.2 Å². The minimum atomic E-state index is -0.788. The van der Waals surface area contributed by atoms with Crippen LogP contribution in [0.3, 0.4) is 0 Å². The number of alkyl halides is 1. The molecular weight excluding hydrogens is 600 g/mol. The maximum atomic E-state index is 14.0. The second kappa shape index (κ2) is 21.1. The van der Waals surface area contributed by atoms with E-state index in [4.69, 9.17) is 4.74 Å². The van der Waals surface area contributed by atoms with Crippen LogP contribution in [0, 0.1) is 23.7 Å². The van der Waals surface area contributed by atoms with Crippen LogP contribution in [0.2, 0.25) is 0 Å². The van der Waals surface area contributed by atoms with Crippen LogP contribution in [0.15, 0.2) is 0 Å². The number of urea groups is 1. The molecule has 5 amide bonds. The topological polar surface area (TPSA) is 108 Å². The van der Waals surface area contributed by atoms with Crippen LogP contribution >= 0.6 is 15.9 Å². The standard InChI is InChI=1S/C32H61BrN4O5/c1-12-23(8)30(26(14-3)42-11)36(10)31(40)29(22(6)7)35-32(41)37(25(13-2)24(9)21(4)5)28(39)18-16-15-17-19-34-27(38)20-33/h21-26,29-30H,12-20H2,1-11H3,(H,34,38)(H,35,41)/t23?,24-,25?,26?,29-,30?/m0/s1. The van der Waals surface area contributed by atoms with Gasteiger partial charge in [0.15, 0.2) is 0 Å². The highest BCUT2D eigenvalue weighted by atomic mass is 79.9. The molecule has 0 heterocycles. The first-order valence-corrected chi connectivity index (χ1v) is 17.1. The molecule has 0 aromatic carbocycles. The van der Waals surface area contributed by atoms with Crippen LogP contribution in [0.5, 0.6) is 0 Å². The Kier molecular flexibility index (Phi) is 20.2. The predicted molar refractivity (Wildman–Crippen MR) is 174 cm³/mol. The molecule has 0 spiro atoms. The molecule has 10 heteroatoms. The third kappa shape index (κ3) is 12.5. The number of nitrogens with one attached hydrogen (secondary N) is 2. The Morgan fingerprint density at radius 1 is 0.857 bits per heavy atom. The van der Waals surface area contributed by atoms with Crippen molar-refractivity contribution < 1.29 is 23.9 Å². The number of halogens is 1. The van der Waals surface area contributed by atoms with Gasteiger partial charge in [-0.2, -0.15) is 0 Å². The molecule has 0 rings (SSSR count). The normalized spacial score (nSPS) is 15.9. The molecule has 0 aliphatic heterocycles. The van der Waals surface area contributed by atoms with Crippen molar-refractivity contribution in [2.45, 2.75) is 131 Å². The number of hydrogen-bond acceptors (Lipinski definition) is 5. The van der Waals surface area contributed by atoms with E-state index in [-0.39, 0.29) is 71.3 Å². The lowest BCUT2D eigenvalue weighted by atomic mass is 9.87. The lowest BCUT2D eigenvalue weighted by Crippen LogP contribution is -2.60. The van der Waals surface area contributed by atoms with E-state index in [2.05, 4.69) is 61.2 Å². The number of carbonyl (C=O) groups is 4. The highest BCUT2D eigenvalue weighted by Crippen LogP contribution is 2.25. The Balaban J connectivity index is 6.00. The van der Waals surface area contributed by atoms with Gasteiger partial charge in [-0.05, 0) is 49.4 Å². The molecule has 0 radical (unpaired) electrons. The van der Waals surface area contributed by atoms with Crippen molar-refractivity contribution in [2.75, 3.05) is 26.0 Å². The zero-order valence-electron chi connectivity index (χ0n) is 28.3. The summed E-state index contributed by atoms with van der Waals surface area (Å²) in [6, 6.07) is -1.73. The molecule has 6 atom stereocenters. The van der Waals surface area contributed by atoms with E-state index >= 15 is 0 Å². The Morgan fingerprint density at radius 3 is 1.93 bits per heavy atom. The molecule has 0 aromatic heterocycles. The van der Waals surface area contributed by atoms with Crippen molar-refractivity contribution >= 4 is 39.7 Å². The molecule has 2 N–H and O–H groups in total. The third-order valence-corrected chi connectivity index (χ3v) is 9.24. The fourth-order valence-electron chi connectivity index (χ4n) is 5.53. The smallest absolute Gasteiger partial charge is 0.325 e. The number of rotatable bonds is 20. The van der Waals surface area contributed by atoms with E-state index in [1.165, 1.54) is 4.90 Å². The Bertz CT molecular complexity index is 821. The number of methoxy groups -OCH3 is 1. The maximum Gasteiger partial charge on any atom is 0.325 e.